The summed E-state index contributed by atoms with van der Waals surface area (Å²) in [7, 11) is 0. The molecule has 3 aromatic rings. The predicted octanol–water partition coefficient (Wildman–Crippen LogP) is -4.12. The Kier molecular flexibility index (Phi) is 11.4. The number of carboxylic acid groups (broad SMARTS) is 1. The van der Waals surface area contributed by atoms with E-state index in [0.717, 1.165) is 30.3 Å². The number of aliphatic hydroxyl groups excluding tert-OH is 9. The van der Waals surface area contributed by atoms with E-state index < -0.39 is 150 Å². The number of phenols is 3. The summed E-state index contributed by atoms with van der Waals surface area (Å²) in [5.41, 5.74) is -1.84. The number of fused-ring (bicyclic) bond motifs is 1. The lowest BCUT2D eigenvalue weighted by Crippen LogP contribution is -2.61. The summed E-state index contributed by atoms with van der Waals surface area (Å²) >= 11 is 0. The fourth-order valence-corrected chi connectivity index (χ4v) is 6.18. The van der Waals surface area contributed by atoms with E-state index >= 15 is 0 Å². The number of hydrogen-bond donors (Lipinski definition) is 13. The number of ether oxygens (including phenoxy) is 6. The highest BCUT2D eigenvalue weighted by molar-refractivity contribution is 5.88. The van der Waals surface area contributed by atoms with E-state index in [0.29, 0.717) is 0 Å². The lowest BCUT2D eigenvalue weighted by molar-refractivity contribution is -0.318. The van der Waals surface area contributed by atoms with Crippen molar-refractivity contribution in [3.63, 3.8) is 0 Å². The minimum atomic E-state index is -2.14. The third-order valence-electron chi connectivity index (χ3n) is 9.34. The van der Waals surface area contributed by atoms with Crippen molar-refractivity contribution < 1.29 is 104 Å². The summed E-state index contributed by atoms with van der Waals surface area (Å²) in [5, 5.41) is 133. The number of carbonyl (C=O) groups is 1. The van der Waals surface area contributed by atoms with Crippen molar-refractivity contribution in [3.8, 4) is 40.1 Å². The van der Waals surface area contributed by atoms with Crippen LogP contribution in [0.5, 0.6) is 28.7 Å². The van der Waals surface area contributed by atoms with Crippen molar-refractivity contribution >= 4 is 16.9 Å². The first-order chi connectivity index (χ1) is 25.9. The molecule has 22 heteroatoms. The SMILES string of the molecule is CC1OC(OCC2OC(Oc3cc(O)c4c(=O)c(OC5OC(C(=O)O)C(O)C(O)C5O)c(-c5ccc(O)c(O)c5)oc4c3)C(O)C(O)C2O)C(O)C(O)C1O. The Morgan fingerprint density at radius 3 is 1.95 bits per heavy atom. The largest absolute Gasteiger partial charge is 0.507 e. The third-order valence-corrected chi connectivity index (χ3v) is 9.34. The zero-order chi connectivity index (χ0) is 40.2. The molecule has 0 saturated carbocycles. The van der Waals surface area contributed by atoms with Gasteiger partial charge < -0.3 is 99.2 Å². The highest BCUT2D eigenvalue weighted by atomic mass is 16.7. The molecule has 302 valence electrons. The van der Waals surface area contributed by atoms with Crippen LogP contribution in [0.3, 0.4) is 0 Å². The summed E-state index contributed by atoms with van der Waals surface area (Å²) in [6, 6.07) is 4.92. The molecule has 13 N–H and O–H groups in total. The highest BCUT2D eigenvalue weighted by Crippen LogP contribution is 2.40. The van der Waals surface area contributed by atoms with E-state index in [4.69, 9.17) is 32.8 Å². The maximum atomic E-state index is 13.9. The maximum Gasteiger partial charge on any atom is 0.335 e. The summed E-state index contributed by atoms with van der Waals surface area (Å²) < 4.78 is 38.6. The van der Waals surface area contributed by atoms with Gasteiger partial charge in [-0.1, -0.05) is 0 Å². The predicted molar refractivity (Wildman–Crippen MR) is 173 cm³/mol. The number of benzene rings is 2. The zero-order valence-electron chi connectivity index (χ0n) is 28.2. The molecule has 0 aliphatic carbocycles. The maximum absolute atomic E-state index is 13.9. The molecule has 0 spiro atoms. The first-order valence-electron chi connectivity index (χ1n) is 16.5. The molecule has 3 aliphatic heterocycles. The van der Waals surface area contributed by atoms with Gasteiger partial charge in [0.2, 0.25) is 23.8 Å². The van der Waals surface area contributed by atoms with Gasteiger partial charge in [0.25, 0.3) is 0 Å². The Morgan fingerprint density at radius 2 is 1.29 bits per heavy atom. The van der Waals surface area contributed by atoms with Crippen molar-refractivity contribution in [2.75, 3.05) is 6.61 Å². The van der Waals surface area contributed by atoms with Gasteiger partial charge >= 0.3 is 5.97 Å². The van der Waals surface area contributed by atoms with Crippen LogP contribution in [0, 0.1) is 0 Å². The summed E-state index contributed by atoms with van der Waals surface area (Å²) in [6.07, 6.45) is -26.9. The number of phenolic OH excluding ortho intramolecular Hbond substituents is 3. The molecule has 6 rings (SSSR count). The lowest BCUT2D eigenvalue weighted by atomic mass is 9.98. The van der Waals surface area contributed by atoms with Gasteiger partial charge in [-0.25, -0.2) is 4.79 Å². The molecule has 22 nitrogen and oxygen atoms in total. The van der Waals surface area contributed by atoms with Crippen molar-refractivity contribution in [1.29, 1.82) is 0 Å². The van der Waals surface area contributed by atoms with Crippen molar-refractivity contribution in [3.05, 3.63) is 40.6 Å². The Labute approximate surface area is 307 Å². The number of aliphatic carboxylic acids is 1. The molecule has 0 amide bonds. The number of rotatable bonds is 9. The van der Waals surface area contributed by atoms with Gasteiger partial charge in [0.1, 0.15) is 83.5 Å². The van der Waals surface area contributed by atoms with Crippen LogP contribution < -0.4 is 14.9 Å². The molecule has 55 heavy (non-hydrogen) atoms. The van der Waals surface area contributed by atoms with Crippen LogP contribution in [-0.2, 0) is 23.7 Å². The Hall–Kier alpha value is -4.40. The van der Waals surface area contributed by atoms with E-state index in [2.05, 4.69) is 0 Å². The minimum Gasteiger partial charge on any atom is -0.507 e. The molecule has 15 unspecified atom stereocenters. The van der Waals surface area contributed by atoms with Gasteiger partial charge in [0.15, 0.2) is 29.7 Å². The molecule has 4 heterocycles. The summed E-state index contributed by atoms with van der Waals surface area (Å²) in [6.45, 7) is 0.788. The molecular weight excluding hydrogens is 748 g/mol. The number of aliphatic hydroxyl groups is 9. The van der Waals surface area contributed by atoms with Crippen LogP contribution in [0.25, 0.3) is 22.3 Å². The quantitative estimate of drug-likeness (QED) is 0.0916. The van der Waals surface area contributed by atoms with Gasteiger partial charge in [-0.2, -0.15) is 0 Å². The topological polar surface area (TPSA) is 366 Å². The number of aromatic hydroxyl groups is 3. The first-order valence-corrected chi connectivity index (χ1v) is 16.5. The second-order valence-corrected chi connectivity index (χ2v) is 13.1. The first kappa shape index (κ1) is 40.3. The fraction of sp³-hybridized carbons (Fsp3) is 0.515. The van der Waals surface area contributed by atoms with Gasteiger partial charge in [-0.15, -0.1) is 0 Å². The van der Waals surface area contributed by atoms with Crippen LogP contribution in [0.1, 0.15) is 6.92 Å². The smallest absolute Gasteiger partial charge is 0.335 e. The van der Waals surface area contributed by atoms with Crippen LogP contribution in [0.4, 0.5) is 0 Å². The molecule has 15 atom stereocenters. The molecule has 3 aliphatic rings. The fourth-order valence-electron chi connectivity index (χ4n) is 6.18. The lowest BCUT2D eigenvalue weighted by Gasteiger charge is -2.42. The van der Waals surface area contributed by atoms with Gasteiger partial charge in [0.05, 0.1) is 12.7 Å². The molecule has 2 aromatic carbocycles. The van der Waals surface area contributed by atoms with Crippen LogP contribution in [-0.4, -0.2) is 171 Å². The van der Waals surface area contributed by atoms with Crippen molar-refractivity contribution in [2.45, 2.75) is 99.0 Å². The number of carboxylic acids is 1. The molecule has 3 fully saturated rings. The zero-order valence-corrected chi connectivity index (χ0v) is 28.2. The Morgan fingerprint density at radius 1 is 0.673 bits per heavy atom. The normalized spacial score (nSPS) is 36.7. The van der Waals surface area contributed by atoms with E-state index in [9.17, 15) is 76.0 Å². The van der Waals surface area contributed by atoms with Gasteiger partial charge in [0, 0.05) is 17.7 Å². The second-order valence-electron chi connectivity index (χ2n) is 13.1. The average molecular weight is 787 g/mol. The van der Waals surface area contributed by atoms with Crippen molar-refractivity contribution in [2.24, 2.45) is 0 Å². The third kappa shape index (κ3) is 7.60. The van der Waals surface area contributed by atoms with Gasteiger partial charge in [-0.3, -0.25) is 4.79 Å². The van der Waals surface area contributed by atoms with E-state index in [1.54, 1.807) is 0 Å². The minimum absolute atomic E-state index is 0.176. The Bertz CT molecular complexity index is 1940. The van der Waals surface area contributed by atoms with Crippen LogP contribution in [0.2, 0.25) is 0 Å². The second kappa shape index (κ2) is 15.6. The number of hydrogen-bond acceptors (Lipinski definition) is 21. The monoisotopic (exact) mass is 786 g/mol. The van der Waals surface area contributed by atoms with E-state index in [-0.39, 0.29) is 11.3 Å². The molecular formula is C33H38O22. The molecule has 1 aromatic heterocycles. The van der Waals surface area contributed by atoms with E-state index in [1.807, 2.05) is 0 Å². The van der Waals surface area contributed by atoms with Crippen molar-refractivity contribution in [1.82, 2.24) is 0 Å². The van der Waals surface area contributed by atoms with E-state index in [1.165, 1.54) is 6.92 Å². The molecule has 0 bridgehead atoms. The van der Waals surface area contributed by atoms with Gasteiger partial charge in [-0.05, 0) is 25.1 Å². The summed E-state index contributed by atoms with van der Waals surface area (Å²) in [5.74, 6) is -5.74. The summed E-state index contributed by atoms with van der Waals surface area (Å²) in [4.78, 5) is 25.6. The molecule has 0 radical (unpaired) electrons. The molecule has 3 saturated heterocycles. The van der Waals surface area contributed by atoms with Crippen LogP contribution in [0.15, 0.2) is 39.5 Å². The highest BCUT2D eigenvalue weighted by Gasteiger charge is 2.50. The average Bonchev–Trinajstić information content (AvgIpc) is 3.14. The Balaban J connectivity index is 1.32. The standard InChI is InChI=1S/C33H38O22/c1-8-17(37)20(40)24(44)31(50-8)49-7-15-18(38)21(41)25(45)32(53-15)51-10-5-13(36)16-14(6-10)52-27(9-2-3-11(34)12(35)4-9)28(19(16)39)54-33-26(46)22(42)23(43)29(55-33)30(47)48/h2-6,8,15,17-18,20-26,29,31-38,40-46H,7H2,1H3,(H,47,48). The van der Waals surface area contributed by atoms with Crippen LogP contribution >= 0.6 is 0 Å².